The van der Waals surface area contributed by atoms with Gasteiger partial charge in [-0.15, -0.1) is 0 Å². The zero-order valence-electron chi connectivity index (χ0n) is 7.29. The first-order valence-electron chi connectivity index (χ1n) is 4.46. The fraction of sp³-hybridized carbons (Fsp3) is 0.400. The van der Waals surface area contributed by atoms with Gasteiger partial charge in [0.2, 0.25) is 0 Å². The molecule has 3 heteroatoms. The molecule has 0 spiro atoms. The minimum Gasteiger partial charge on any atom is -0.457 e. The van der Waals surface area contributed by atoms with Gasteiger partial charge in [-0.25, -0.2) is 0 Å². The molecule has 2 nitrogen and oxygen atoms in total. The summed E-state index contributed by atoms with van der Waals surface area (Å²) in [6, 6.07) is 2.61. The topological polar surface area (TPSA) is 25.2 Å². The van der Waals surface area contributed by atoms with Crippen LogP contribution in [0.25, 0.3) is 0 Å². The molecule has 0 atom stereocenters. The van der Waals surface area contributed by atoms with Crippen molar-refractivity contribution >= 4 is 15.9 Å². The highest BCUT2D eigenvalue weighted by atomic mass is 79.9. The number of hydrogen-bond donors (Lipinski definition) is 1. The highest BCUT2D eigenvalue weighted by Crippen LogP contribution is 2.15. The van der Waals surface area contributed by atoms with Gasteiger partial charge < -0.3 is 9.73 Å². The second-order valence-corrected chi connectivity index (χ2v) is 4.06. The molecule has 70 valence electrons. The molecular weight excluding hydrogens is 230 g/mol. The van der Waals surface area contributed by atoms with Crippen molar-refractivity contribution in [3.8, 4) is 0 Å². The maximum absolute atomic E-state index is 5.14. The summed E-state index contributed by atoms with van der Waals surface area (Å²) in [5, 5.41) is 3.47. The van der Waals surface area contributed by atoms with Crippen LogP contribution >= 0.6 is 15.9 Å². The average Bonchev–Trinajstić information content (AvgIpc) is 2.71. The maximum Gasteiger partial charge on any atom is 0.169 e. The summed E-state index contributed by atoms with van der Waals surface area (Å²) in [4.78, 5) is 0. The Hall–Kier alpha value is -0.540. The lowest BCUT2D eigenvalue weighted by molar-refractivity contribution is 0.520. The SMILES string of the molecule is Brc1cc(CNC2CC=CC2)co1. The molecule has 1 heterocycles. The molecule has 0 aromatic carbocycles. The van der Waals surface area contributed by atoms with Gasteiger partial charge in [-0.3, -0.25) is 0 Å². The minimum atomic E-state index is 0.619. The van der Waals surface area contributed by atoms with E-state index in [2.05, 4.69) is 33.4 Å². The maximum atomic E-state index is 5.14. The van der Waals surface area contributed by atoms with Gasteiger partial charge >= 0.3 is 0 Å². The number of nitrogens with one attached hydrogen (secondary N) is 1. The standard InChI is InChI=1S/C10H12BrNO/c11-10-5-8(7-13-10)6-12-9-3-1-2-4-9/h1-2,5,7,9,12H,3-4,6H2. The Kier molecular flexibility index (Phi) is 2.86. The van der Waals surface area contributed by atoms with Gasteiger partial charge in [-0.2, -0.15) is 0 Å². The largest absolute Gasteiger partial charge is 0.457 e. The molecule has 1 aromatic heterocycles. The van der Waals surface area contributed by atoms with Crippen LogP contribution in [-0.2, 0) is 6.54 Å². The summed E-state index contributed by atoms with van der Waals surface area (Å²) in [5.41, 5.74) is 1.19. The predicted octanol–water partition coefficient (Wildman–Crippen LogP) is 2.85. The molecule has 0 amide bonds. The van der Waals surface area contributed by atoms with E-state index in [0.717, 1.165) is 24.1 Å². The summed E-state index contributed by atoms with van der Waals surface area (Å²) in [6.45, 7) is 0.890. The van der Waals surface area contributed by atoms with Crippen molar-refractivity contribution in [1.29, 1.82) is 0 Å². The molecule has 0 fully saturated rings. The van der Waals surface area contributed by atoms with E-state index in [1.165, 1.54) is 5.56 Å². The van der Waals surface area contributed by atoms with Gasteiger partial charge in [0, 0.05) is 18.2 Å². The van der Waals surface area contributed by atoms with E-state index >= 15 is 0 Å². The van der Waals surface area contributed by atoms with E-state index in [1.54, 1.807) is 6.26 Å². The third kappa shape index (κ3) is 2.45. The zero-order valence-corrected chi connectivity index (χ0v) is 8.88. The molecule has 1 aliphatic carbocycles. The smallest absolute Gasteiger partial charge is 0.169 e. The molecule has 2 rings (SSSR count). The second-order valence-electron chi connectivity index (χ2n) is 3.28. The van der Waals surface area contributed by atoms with E-state index in [0.29, 0.717) is 6.04 Å². The van der Waals surface area contributed by atoms with Crippen molar-refractivity contribution in [3.63, 3.8) is 0 Å². The van der Waals surface area contributed by atoms with Gasteiger partial charge in [0.25, 0.3) is 0 Å². The molecule has 0 saturated carbocycles. The van der Waals surface area contributed by atoms with Gasteiger partial charge in [0.1, 0.15) is 0 Å². The van der Waals surface area contributed by atoms with E-state index in [1.807, 2.05) is 6.07 Å². The van der Waals surface area contributed by atoms with Crippen LogP contribution in [0.15, 0.2) is 33.6 Å². The van der Waals surface area contributed by atoms with Crippen LogP contribution in [0.2, 0.25) is 0 Å². The Morgan fingerprint density at radius 1 is 1.46 bits per heavy atom. The Labute approximate surface area is 86.1 Å². The quantitative estimate of drug-likeness (QED) is 0.824. The molecular formula is C10H12BrNO. The molecule has 1 aliphatic rings. The van der Waals surface area contributed by atoms with Crippen molar-refractivity contribution in [2.24, 2.45) is 0 Å². The van der Waals surface area contributed by atoms with Crippen LogP contribution in [0, 0.1) is 0 Å². The fourth-order valence-electron chi connectivity index (χ4n) is 1.48. The summed E-state index contributed by atoms with van der Waals surface area (Å²) in [7, 11) is 0. The molecule has 0 unspecified atom stereocenters. The number of rotatable bonds is 3. The molecule has 1 N–H and O–H groups in total. The summed E-state index contributed by atoms with van der Waals surface area (Å²) < 4.78 is 5.94. The van der Waals surface area contributed by atoms with Crippen molar-refractivity contribution in [2.75, 3.05) is 0 Å². The minimum absolute atomic E-state index is 0.619. The van der Waals surface area contributed by atoms with Crippen molar-refractivity contribution in [2.45, 2.75) is 25.4 Å². The van der Waals surface area contributed by atoms with Crippen LogP contribution < -0.4 is 5.32 Å². The Morgan fingerprint density at radius 2 is 2.23 bits per heavy atom. The first-order chi connectivity index (χ1) is 6.34. The van der Waals surface area contributed by atoms with Crippen LogP contribution in [0.3, 0.4) is 0 Å². The first kappa shape index (κ1) is 9.03. The number of halogens is 1. The van der Waals surface area contributed by atoms with Crippen LogP contribution in [-0.4, -0.2) is 6.04 Å². The van der Waals surface area contributed by atoms with E-state index in [4.69, 9.17) is 4.42 Å². The average molecular weight is 242 g/mol. The lowest BCUT2D eigenvalue weighted by atomic mass is 10.2. The molecule has 0 saturated heterocycles. The van der Waals surface area contributed by atoms with Gasteiger partial charge in [0.05, 0.1) is 6.26 Å². The number of furan rings is 1. The normalized spacial score (nSPS) is 17.0. The lowest BCUT2D eigenvalue weighted by Crippen LogP contribution is -2.25. The molecule has 0 bridgehead atoms. The Bertz CT molecular complexity index is 298. The van der Waals surface area contributed by atoms with Crippen molar-refractivity contribution in [1.82, 2.24) is 5.32 Å². The third-order valence-electron chi connectivity index (χ3n) is 2.22. The van der Waals surface area contributed by atoms with Crippen molar-refractivity contribution in [3.05, 3.63) is 34.7 Å². The van der Waals surface area contributed by atoms with Crippen molar-refractivity contribution < 1.29 is 4.42 Å². The van der Waals surface area contributed by atoms with Crippen LogP contribution in [0.4, 0.5) is 0 Å². The summed E-state index contributed by atoms with van der Waals surface area (Å²) in [6.07, 6.45) is 8.53. The molecule has 1 aromatic rings. The highest BCUT2D eigenvalue weighted by Gasteiger charge is 2.09. The van der Waals surface area contributed by atoms with Gasteiger partial charge in [-0.1, -0.05) is 12.2 Å². The predicted molar refractivity (Wildman–Crippen MR) is 55.4 cm³/mol. The van der Waals surface area contributed by atoms with Crippen LogP contribution in [0.1, 0.15) is 18.4 Å². The highest BCUT2D eigenvalue weighted by molar-refractivity contribution is 9.10. The Balaban J connectivity index is 1.79. The third-order valence-corrected chi connectivity index (χ3v) is 2.64. The van der Waals surface area contributed by atoms with E-state index < -0.39 is 0 Å². The molecule has 0 radical (unpaired) electrons. The summed E-state index contributed by atoms with van der Waals surface area (Å²) in [5.74, 6) is 0. The first-order valence-corrected chi connectivity index (χ1v) is 5.25. The summed E-state index contributed by atoms with van der Waals surface area (Å²) >= 11 is 3.28. The van der Waals surface area contributed by atoms with Crippen LogP contribution in [0.5, 0.6) is 0 Å². The van der Waals surface area contributed by atoms with Gasteiger partial charge in [-0.05, 0) is 34.8 Å². The lowest BCUT2D eigenvalue weighted by Gasteiger charge is -2.09. The Morgan fingerprint density at radius 3 is 2.85 bits per heavy atom. The van der Waals surface area contributed by atoms with Gasteiger partial charge in [0.15, 0.2) is 4.67 Å². The zero-order chi connectivity index (χ0) is 9.10. The van der Waals surface area contributed by atoms with E-state index in [9.17, 15) is 0 Å². The number of hydrogen-bond acceptors (Lipinski definition) is 2. The molecule has 13 heavy (non-hydrogen) atoms. The second kappa shape index (κ2) is 4.11. The van der Waals surface area contributed by atoms with E-state index in [-0.39, 0.29) is 0 Å². The fourth-order valence-corrected chi connectivity index (χ4v) is 1.87. The molecule has 0 aliphatic heterocycles. The monoisotopic (exact) mass is 241 g/mol.